The molecule has 3 unspecified atom stereocenters. The minimum atomic E-state index is -0.0797. The van der Waals surface area contributed by atoms with Crippen molar-refractivity contribution in [1.29, 1.82) is 0 Å². The summed E-state index contributed by atoms with van der Waals surface area (Å²) in [5.41, 5.74) is 1.84. The summed E-state index contributed by atoms with van der Waals surface area (Å²) in [6, 6.07) is 2.08. The van der Waals surface area contributed by atoms with Crippen molar-refractivity contribution in [3.05, 3.63) is 21.4 Å². The predicted molar refractivity (Wildman–Crippen MR) is 84.8 cm³/mol. The van der Waals surface area contributed by atoms with Crippen LogP contribution in [0.15, 0.2) is 6.07 Å². The van der Waals surface area contributed by atoms with Crippen LogP contribution < -0.4 is 0 Å². The molecular formula is C18H24O2S. The number of thiophene rings is 1. The summed E-state index contributed by atoms with van der Waals surface area (Å²) in [4.78, 5) is 14.8. The van der Waals surface area contributed by atoms with E-state index in [4.69, 9.17) is 4.74 Å². The van der Waals surface area contributed by atoms with Crippen LogP contribution in [0.25, 0.3) is 0 Å². The fourth-order valence-corrected chi connectivity index (χ4v) is 6.06. The summed E-state index contributed by atoms with van der Waals surface area (Å²) >= 11 is 1.66. The number of carbonyl (C=O) groups is 1. The van der Waals surface area contributed by atoms with E-state index in [1.54, 1.807) is 11.3 Å². The SMILES string of the molecule is CC1(C)C2CCC1(C)C(OC(=O)c1cc3c(s1)CCC3)C2. The van der Waals surface area contributed by atoms with Gasteiger partial charge in [0.05, 0.1) is 0 Å². The van der Waals surface area contributed by atoms with Gasteiger partial charge >= 0.3 is 5.97 Å². The number of hydrogen-bond acceptors (Lipinski definition) is 3. The largest absolute Gasteiger partial charge is 0.458 e. The topological polar surface area (TPSA) is 26.3 Å². The lowest BCUT2D eigenvalue weighted by Crippen LogP contribution is -2.38. The van der Waals surface area contributed by atoms with Gasteiger partial charge in [-0.1, -0.05) is 20.8 Å². The van der Waals surface area contributed by atoms with Gasteiger partial charge in [0.15, 0.2) is 0 Å². The Bertz CT molecular complexity index is 579. The molecule has 114 valence electrons. The Morgan fingerprint density at radius 1 is 1.33 bits per heavy atom. The Morgan fingerprint density at radius 3 is 2.76 bits per heavy atom. The Labute approximate surface area is 130 Å². The lowest BCUT2D eigenvalue weighted by molar-refractivity contribution is -0.0238. The molecule has 3 aliphatic rings. The average molecular weight is 304 g/mol. The van der Waals surface area contributed by atoms with Gasteiger partial charge in [0, 0.05) is 10.3 Å². The number of esters is 1. The van der Waals surface area contributed by atoms with Crippen molar-refractivity contribution >= 4 is 17.3 Å². The minimum absolute atomic E-state index is 0.0797. The zero-order chi connectivity index (χ0) is 14.8. The number of rotatable bonds is 2. The maximum atomic E-state index is 12.5. The van der Waals surface area contributed by atoms with Crippen LogP contribution >= 0.6 is 11.3 Å². The van der Waals surface area contributed by atoms with Gasteiger partial charge in [0.2, 0.25) is 0 Å². The highest BCUT2D eigenvalue weighted by Gasteiger charge is 2.62. The summed E-state index contributed by atoms with van der Waals surface area (Å²) < 4.78 is 5.98. The molecule has 0 aromatic carbocycles. The summed E-state index contributed by atoms with van der Waals surface area (Å²) in [5.74, 6) is 0.637. The molecule has 0 aliphatic heterocycles. The lowest BCUT2D eigenvalue weighted by atomic mass is 9.70. The molecule has 2 nitrogen and oxygen atoms in total. The van der Waals surface area contributed by atoms with Crippen LogP contribution in [0.4, 0.5) is 0 Å². The molecule has 21 heavy (non-hydrogen) atoms. The van der Waals surface area contributed by atoms with Gasteiger partial charge in [-0.15, -0.1) is 11.3 Å². The molecule has 2 fully saturated rings. The standard InChI is InChI=1S/C18H24O2S/c1-17(2)12-7-8-18(17,3)15(10-12)20-16(19)14-9-11-5-4-6-13(11)21-14/h9,12,15H,4-8,10H2,1-3H3. The van der Waals surface area contributed by atoms with Gasteiger partial charge < -0.3 is 4.74 Å². The first-order chi connectivity index (χ1) is 9.92. The van der Waals surface area contributed by atoms with Crippen molar-refractivity contribution in [2.75, 3.05) is 0 Å². The van der Waals surface area contributed by atoms with Gasteiger partial charge in [-0.2, -0.15) is 0 Å². The molecule has 4 rings (SSSR count). The highest BCUT2D eigenvalue weighted by molar-refractivity contribution is 7.14. The number of ether oxygens (including phenoxy) is 1. The van der Waals surface area contributed by atoms with E-state index < -0.39 is 0 Å². The summed E-state index contributed by atoms with van der Waals surface area (Å²) in [6.07, 6.45) is 7.18. The highest BCUT2D eigenvalue weighted by Crippen LogP contribution is 2.66. The van der Waals surface area contributed by atoms with Crippen LogP contribution in [0.3, 0.4) is 0 Å². The zero-order valence-electron chi connectivity index (χ0n) is 13.2. The van der Waals surface area contributed by atoms with E-state index in [1.807, 2.05) is 0 Å². The minimum Gasteiger partial charge on any atom is -0.458 e. The van der Waals surface area contributed by atoms with Gasteiger partial charge in [0.1, 0.15) is 11.0 Å². The molecule has 2 saturated carbocycles. The van der Waals surface area contributed by atoms with E-state index in [0.717, 1.165) is 24.1 Å². The van der Waals surface area contributed by atoms with Crippen molar-refractivity contribution in [2.24, 2.45) is 16.7 Å². The number of carbonyl (C=O) groups excluding carboxylic acids is 1. The molecule has 1 aromatic rings. The molecule has 0 radical (unpaired) electrons. The molecular weight excluding hydrogens is 280 g/mol. The lowest BCUT2D eigenvalue weighted by Gasteiger charge is -2.38. The van der Waals surface area contributed by atoms with Crippen LogP contribution in [0.5, 0.6) is 0 Å². The maximum absolute atomic E-state index is 12.5. The van der Waals surface area contributed by atoms with E-state index in [2.05, 4.69) is 26.8 Å². The van der Waals surface area contributed by atoms with Crippen molar-refractivity contribution in [3.8, 4) is 0 Å². The quantitative estimate of drug-likeness (QED) is 0.746. The molecule has 0 saturated heterocycles. The number of hydrogen-bond donors (Lipinski definition) is 0. The van der Waals surface area contributed by atoms with Gasteiger partial charge in [-0.3, -0.25) is 0 Å². The van der Waals surface area contributed by atoms with E-state index in [0.29, 0.717) is 11.3 Å². The summed E-state index contributed by atoms with van der Waals surface area (Å²) in [6.45, 7) is 7.04. The average Bonchev–Trinajstić information content (AvgIpc) is 3.09. The number of aryl methyl sites for hydroxylation is 2. The van der Waals surface area contributed by atoms with Gasteiger partial charge in [0.25, 0.3) is 0 Å². The first-order valence-corrected chi connectivity index (χ1v) is 9.06. The normalized spacial score (nSPS) is 36.0. The van der Waals surface area contributed by atoms with E-state index in [1.165, 1.54) is 29.7 Å². The molecule has 2 bridgehead atoms. The fraction of sp³-hybridized carbons (Fsp3) is 0.722. The van der Waals surface area contributed by atoms with Crippen molar-refractivity contribution in [2.45, 2.75) is 65.4 Å². The summed E-state index contributed by atoms with van der Waals surface area (Å²) in [7, 11) is 0. The Kier molecular flexibility index (Phi) is 2.86. The Hall–Kier alpha value is -0.830. The van der Waals surface area contributed by atoms with Crippen LogP contribution in [0, 0.1) is 16.7 Å². The monoisotopic (exact) mass is 304 g/mol. The highest BCUT2D eigenvalue weighted by atomic mass is 32.1. The predicted octanol–water partition coefficient (Wildman–Crippen LogP) is 4.61. The second-order valence-corrected chi connectivity index (χ2v) is 9.05. The molecule has 1 heterocycles. The first kappa shape index (κ1) is 13.8. The third-order valence-corrected chi connectivity index (χ3v) is 8.13. The van der Waals surface area contributed by atoms with Crippen molar-refractivity contribution in [1.82, 2.24) is 0 Å². The van der Waals surface area contributed by atoms with Crippen LogP contribution in [-0.2, 0) is 17.6 Å². The first-order valence-electron chi connectivity index (χ1n) is 8.24. The molecule has 0 spiro atoms. The third kappa shape index (κ3) is 1.79. The molecule has 0 amide bonds. The molecule has 3 atom stereocenters. The Morgan fingerprint density at radius 2 is 2.14 bits per heavy atom. The van der Waals surface area contributed by atoms with Crippen LogP contribution in [0.1, 0.15) is 66.6 Å². The van der Waals surface area contributed by atoms with Gasteiger partial charge in [-0.05, 0) is 61.5 Å². The van der Waals surface area contributed by atoms with Gasteiger partial charge in [-0.25, -0.2) is 4.79 Å². The van der Waals surface area contributed by atoms with Crippen molar-refractivity contribution < 1.29 is 9.53 Å². The van der Waals surface area contributed by atoms with Crippen LogP contribution in [-0.4, -0.2) is 12.1 Å². The molecule has 3 heteroatoms. The molecule has 0 N–H and O–H groups in total. The van der Waals surface area contributed by atoms with Crippen LogP contribution in [0.2, 0.25) is 0 Å². The maximum Gasteiger partial charge on any atom is 0.348 e. The molecule has 3 aliphatic carbocycles. The van der Waals surface area contributed by atoms with E-state index in [9.17, 15) is 4.79 Å². The fourth-order valence-electron chi connectivity index (χ4n) is 4.93. The second kappa shape index (κ2) is 4.34. The smallest absolute Gasteiger partial charge is 0.348 e. The second-order valence-electron chi connectivity index (χ2n) is 7.92. The Balaban J connectivity index is 1.53. The molecule has 1 aromatic heterocycles. The van der Waals surface area contributed by atoms with E-state index >= 15 is 0 Å². The number of fused-ring (bicyclic) bond motifs is 3. The van der Waals surface area contributed by atoms with E-state index in [-0.39, 0.29) is 17.5 Å². The zero-order valence-corrected chi connectivity index (χ0v) is 14.0. The third-order valence-electron chi connectivity index (χ3n) is 6.91. The van der Waals surface area contributed by atoms with Crippen molar-refractivity contribution in [3.63, 3.8) is 0 Å². The summed E-state index contributed by atoms with van der Waals surface area (Å²) in [5, 5.41) is 0.